The Morgan fingerprint density at radius 3 is 3.10 bits per heavy atom. The standard InChI is InChI=1S/C18H27NO2/c1-2-10-19-17(7-6-16-4-3-11-20-16)14-5-8-18-15(13-14)9-12-21-18/h5,8,13,16-17,19H,2-4,6-7,9-12H2,1H3. The van der Waals surface area contributed by atoms with Gasteiger partial charge in [-0.25, -0.2) is 0 Å². The smallest absolute Gasteiger partial charge is 0.122 e. The fraction of sp³-hybridized carbons (Fsp3) is 0.667. The van der Waals surface area contributed by atoms with E-state index in [1.807, 2.05) is 0 Å². The van der Waals surface area contributed by atoms with Crippen LogP contribution in [0.3, 0.4) is 0 Å². The Kier molecular flexibility index (Phi) is 5.15. The van der Waals surface area contributed by atoms with Gasteiger partial charge in [-0.3, -0.25) is 0 Å². The van der Waals surface area contributed by atoms with Crippen molar-refractivity contribution in [3.8, 4) is 5.75 Å². The molecule has 2 aliphatic rings. The minimum atomic E-state index is 0.444. The first-order chi connectivity index (χ1) is 10.4. The second-order valence-electron chi connectivity index (χ2n) is 6.18. The maximum Gasteiger partial charge on any atom is 0.122 e. The third-order valence-electron chi connectivity index (χ3n) is 4.56. The van der Waals surface area contributed by atoms with Crippen LogP contribution in [0.2, 0.25) is 0 Å². The normalized spacial score (nSPS) is 22.0. The van der Waals surface area contributed by atoms with Crippen molar-refractivity contribution in [2.24, 2.45) is 0 Å². The first-order valence-electron chi connectivity index (χ1n) is 8.47. The Bertz CT molecular complexity index is 455. The Labute approximate surface area is 128 Å². The summed E-state index contributed by atoms with van der Waals surface area (Å²) >= 11 is 0. The van der Waals surface area contributed by atoms with Crippen LogP contribution in [0, 0.1) is 0 Å². The van der Waals surface area contributed by atoms with Gasteiger partial charge in [-0.15, -0.1) is 0 Å². The predicted molar refractivity (Wildman–Crippen MR) is 84.9 cm³/mol. The van der Waals surface area contributed by atoms with Crippen molar-refractivity contribution in [1.82, 2.24) is 5.32 Å². The maximum absolute atomic E-state index is 5.77. The molecule has 0 amide bonds. The molecule has 1 saturated heterocycles. The number of hydrogen-bond acceptors (Lipinski definition) is 3. The highest BCUT2D eigenvalue weighted by molar-refractivity contribution is 5.40. The van der Waals surface area contributed by atoms with Crippen molar-refractivity contribution in [3.05, 3.63) is 29.3 Å². The van der Waals surface area contributed by atoms with E-state index in [1.54, 1.807) is 0 Å². The van der Waals surface area contributed by atoms with Crippen molar-refractivity contribution in [3.63, 3.8) is 0 Å². The highest BCUT2D eigenvalue weighted by atomic mass is 16.5. The van der Waals surface area contributed by atoms with Crippen LogP contribution in [0.15, 0.2) is 18.2 Å². The van der Waals surface area contributed by atoms with Crippen LogP contribution >= 0.6 is 0 Å². The van der Waals surface area contributed by atoms with Gasteiger partial charge in [-0.2, -0.15) is 0 Å². The van der Waals surface area contributed by atoms with E-state index >= 15 is 0 Å². The lowest BCUT2D eigenvalue weighted by Gasteiger charge is -2.21. The highest BCUT2D eigenvalue weighted by Crippen LogP contribution is 2.30. The summed E-state index contributed by atoms with van der Waals surface area (Å²) in [6.45, 7) is 5.08. The van der Waals surface area contributed by atoms with Crippen LogP contribution < -0.4 is 10.1 Å². The van der Waals surface area contributed by atoms with Gasteiger partial charge in [-0.05, 0) is 55.8 Å². The SMILES string of the molecule is CCCNC(CCC1CCCO1)c1ccc2c(c1)CCO2. The first-order valence-corrected chi connectivity index (χ1v) is 8.47. The van der Waals surface area contributed by atoms with Crippen molar-refractivity contribution in [2.45, 2.75) is 57.6 Å². The second kappa shape index (κ2) is 7.28. The van der Waals surface area contributed by atoms with Gasteiger partial charge < -0.3 is 14.8 Å². The van der Waals surface area contributed by atoms with Crippen LogP contribution in [0.25, 0.3) is 0 Å². The largest absolute Gasteiger partial charge is 0.493 e. The summed E-state index contributed by atoms with van der Waals surface area (Å²) in [6.07, 6.45) is 7.49. The molecule has 21 heavy (non-hydrogen) atoms. The first kappa shape index (κ1) is 14.9. The van der Waals surface area contributed by atoms with Gasteiger partial charge in [0, 0.05) is 19.1 Å². The summed E-state index contributed by atoms with van der Waals surface area (Å²) in [7, 11) is 0. The third-order valence-corrected chi connectivity index (χ3v) is 4.56. The molecule has 2 atom stereocenters. The lowest BCUT2D eigenvalue weighted by molar-refractivity contribution is 0.0996. The zero-order chi connectivity index (χ0) is 14.5. The van der Waals surface area contributed by atoms with E-state index in [-0.39, 0.29) is 0 Å². The van der Waals surface area contributed by atoms with E-state index in [9.17, 15) is 0 Å². The van der Waals surface area contributed by atoms with Crippen molar-refractivity contribution < 1.29 is 9.47 Å². The molecule has 1 fully saturated rings. The molecular formula is C18H27NO2. The third kappa shape index (κ3) is 3.78. The molecule has 1 aromatic rings. The predicted octanol–water partition coefficient (Wildman–Crippen LogP) is 3.62. The molecule has 3 heteroatoms. The summed E-state index contributed by atoms with van der Waals surface area (Å²) in [5.41, 5.74) is 2.78. The molecule has 0 radical (unpaired) electrons. The van der Waals surface area contributed by atoms with Gasteiger partial charge in [-0.1, -0.05) is 19.1 Å². The van der Waals surface area contributed by atoms with Crippen LogP contribution in [0.4, 0.5) is 0 Å². The van der Waals surface area contributed by atoms with E-state index in [4.69, 9.17) is 9.47 Å². The van der Waals surface area contributed by atoms with Gasteiger partial charge in [0.1, 0.15) is 5.75 Å². The van der Waals surface area contributed by atoms with E-state index in [2.05, 4.69) is 30.4 Å². The Morgan fingerprint density at radius 2 is 2.29 bits per heavy atom. The number of nitrogens with one attached hydrogen (secondary N) is 1. The van der Waals surface area contributed by atoms with E-state index in [1.165, 1.54) is 30.4 Å². The molecule has 3 nitrogen and oxygen atoms in total. The Morgan fingerprint density at radius 1 is 1.33 bits per heavy atom. The zero-order valence-corrected chi connectivity index (χ0v) is 13.1. The summed E-state index contributed by atoms with van der Waals surface area (Å²) in [6, 6.07) is 7.16. The van der Waals surface area contributed by atoms with E-state index in [0.717, 1.165) is 44.8 Å². The molecule has 1 N–H and O–H groups in total. The molecule has 1 aromatic carbocycles. The van der Waals surface area contributed by atoms with Gasteiger partial charge in [0.2, 0.25) is 0 Å². The summed E-state index contributed by atoms with van der Waals surface area (Å²) in [4.78, 5) is 0. The average Bonchev–Trinajstić information content (AvgIpc) is 3.17. The topological polar surface area (TPSA) is 30.5 Å². The number of fused-ring (bicyclic) bond motifs is 1. The average molecular weight is 289 g/mol. The molecular weight excluding hydrogens is 262 g/mol. The van der Waals surface area contributed by atoms with E-state index < -0.39 is 0 Å². The summed E-state index contributed by atoms with van der Waals surface area (Å²) in [5.74, 6) is 1.08. The molecule has 0 saturated carbocycles. The zero-order valence-electron chi connectivity index (χ0n) is 13.1. The minimum absolute atomic E-state index is 0.444. The molecule has 0 bridgehead atoms. The van der Waals surface area contributed by atoms with Gasteiger partial charge in [0.05, 0.1) is 12.7 Å². The minimum Gasteiger partial charge on any atom is -0.493 e. The number of benzene rings is 1. The van der Waals surface area contributed by atoms with Crippen LogP contribution in [0.1, 0.15) is 56.2 Å². The molecule has 2 heterocycles. The molecule has 116 valence electrons. The fourth-order valence-corrected chi connectivity index (χ4v) is 3.35. The quantitative estimate of drug-likeness (QED) is 0.831. The van der Waals surface area contributed by atoms with Crippen LogP contribution in [-0.2, 0) is 11.2 Å². The maximum atomic E-state index is 5.77. The highest BCUT2D eigenvalue weighted by Gasteiger charge is 2.20. The lowest BCUT2D eigenvalue weighted by atomic mass is 9.97. The van der Waals surface area contributed by atoms with Crippen molar-refractivity contribution in [2.75, 3.05) is 19.8 Å². The van der Waals surface area contributed by atoms with Crippen molar-refractivity contribution >= 4 is 0 Å². The molecule has 0 spiro atoms. The summed E-state index contributed by atoms with van der Waals surface area (Å²) in [5, 5.41) is 3.70. The number of hydrogen-bond donors (Lipinski definition) is 1. The molecule has 3 rings (SSSR count). The Hall–Kier alpha value is -1.06. The van der Waals surface area contributed by atoms with E-state index in [0.29, 0.717) is 12.1 Å². The van der Waals surface area contributed by atoms with Crippen LogP contribution in [0.5, 0.6) is 5.75 Å². The van der Waals surface area contributed by atoms with Crippen molar-refractivity contribution in [1.29, 1.82) is 0 Å². The summed E-state index contributed by atoms with van der Waals surface area (Å²) < 4.78 is 11.4. The fourth-order valence-electron chi connectivity index (χ4n) is 3.35. The van der Waals surface area contributed by atoms with Gasteiger partial charge >= 0.3 is 0 Å². The number of rotatable bonds is 7. The molecule has 0 aromatic heterocycles. The molecule has 0 aliphatic carbocycles. The lowest BCUT2D eigenvalue weighted by Crippen LogP contribution is -2.23. The second-order valence-corrected chi connectivity index (χ2v) is 6.18. The van der Waals surface area contributed by atoms with Crippen LogP contribution in [-0.4, -0.2) is 25.9 Å². The molecule has 2 unspecified atom stereocenters. The van der Waals surface area contributed by atoms with Gasteiger partial charge in [0.15, 0.2) is 0 Å². The monoisotopic (exact) mass is 289 g/mol. The number of ether oxygens (including phenoxy) is 2. The Balaban J connectivity index is 1.65. The molecule has 2 aliphatic heterocycles. The van der Waals surface area contributed by atoms with Gasteiger partial charge in [0.25, 0.3) is 0 Å².